The van der Waals surface area contributed by atoms with Crippen LogP contribution in [0.25, 0.3) is 6.08 Å². The Morgan fingerprint density at radius 1 is 1.33 bits per heavy atom. The van der Waals surface area contributed by atoms with Gasteiger partial charge >= 0.3 is 0 Å². The van der Waals surface area contributed by atoms with E-state index in [2.05, 4.69) is 4.74 Å². The van der Waals surface area contributed by atoms with Crippen molar-refractivity contribution in [2.24, 2.45) is 0 Å². The van der Waals surface area contributed by atoms with Gasteiger partial charge in [-0.3, -0.25) is 0 Å². The van der Waals surface area contributed by atoms with Crippen LogP contribution in [-0.2, 0) is 0 Å². The molecular weight excluding hydrogens is 202 g/mol. The van der Waals surface area contributed by atoms with Crippen LogP contribution in [0, 0.1) is 11.6 Å². The summed E-state index contributed by atoms with van der Waals surface area (Å²) in [6, 6.07) is 2.78. The van der Waals surface area contributed by atoms with Crippen LogP contribution in [-0.4, -0.2) is 18.8 Å². The van der Waals surface area contributed by atoms with Crippen molar-refractivity contribution in [3.8, 4) is 5.75 Å². The Morgan fingerprint density at radius 3 is 2.67 bits per heavy atom. The fraction of sp³-hybridized carbons (Fsp3) is 0.273. The van der Waals surface area contributed by atoms with Gasteiger partial charge in [0.15, 0.2) is 11.6 Å². The molecule has 0 fully saturated rings. The molecule has 0 aliphatic carbocycles. The summed E-state index contributed by atoms with van der Waals surface area (Å²) >= 11 is 0. The molecule has 0 unspecified atom stereocenters. The van der Waals surface area contributed by atoms with Crippen molar-refractivity contribution in [3.63, 3.8) is 0 Å². The second kappa shape index (κ2) is 5.46. The van der Waals surface area contributed by atoms with E-state index < -0.39 is 11.6 Å². The first-order chi connectivity index (χ1) is 7.20. The average Bonchev–Trinajstić information content (AvgIpc) is 2.25. The molecule has 0 atom stereocenters. The van der Waals surface area contributed by atoms with Crippen LogP contribution in [0.5, 0.6) is 5.75 Å². The van der Waals surface area contributed by atoms with Crippen molar-refractivity contribution in [3.05, 3.63) is 35.4 Å². The summed E-state index contributed by atoms with van der Waals surface area (Å²) < 4.78 is 31.1. The number of hydrogen-bond donors (Lipinski definition) is 1. The summed E-state index contributed by atoms with van der Waals surface area (Å²) in [5.41, 5.74) is 0.141. The third-order valence-corrected chi connectivity index (χ3v) is 1.89. The number of rotatable bonds is 4. The number of hydrogen-bond acceptors (Lipinski definition) is 2. The predicted octanol–water partition coefficient (Wildman–Crippen LogP) is 2.37. The maximum Gasteiger partial charge on any atom is 0.201 e. The highest BCUT2D eigenvalue weighted by molar-refractivity contribution is 5.52. The zero-order valence-electron chi connectivity index (χ0n) is 8.34. The fourth-order valence-corrected chi connectivity index (χ4v) is 1.12. The smallest absolute Gasteiger partial charge is 0.201 e. The molecule has 0 amide bonds. The van der Waals surface area contributed by atoms with Gasteiger partial charge < -0.3 is 9.84 Å². The lowest BCUT2D eigenvalue weighted by Gasteiger charge is -2.04. The molecule has 4 heteroatoms. The van der Waals surface area contributed by atoms with Crippen molar-refractivity contribution < 1.29 is 18.6 Å². The molecule has 0 radical (unpaired) electrons. The van der Waals surface area contributed by atoms with E-state index in [0.29, 0.717) is 6.42 Å². The van der Waals surface area contributed by atoms with Crippen molar-refractivity contribution in [1.29, 1.82) is 0 Å². The van der Waals surface area contributed by atoms with Gasteiger partial charge in [-0.25, -0.2) is 4.39 Å². The first-order valence-electron chi connectivity index (χ1n) is 4.50. The number of aliphatic hydroxyl groups excluding tert-OH is 1. The number of methoxy groups -OCH3 is 1. The lowest BCUT2D eigenvalue weighted by molar-refractivity contribution is 0.303. The van der Waals surface area contributed by atoms with Gasteiger partial charge in [0, 0.05) is 12.2 Å². The van der Waals surface area contributed by atoms with E-state index in [-0.39, 0.29) is 17.9 Å². The SMILES string of the molecule is COc1ccc(C=CCCO)c(F)c1F. The topological polar surface area (TPSA) is 29.5 Å². The predicted molar refractivity (Wildman–Crippen MR) is 53.6 cm³/mol. The van der Waals surface area contributed by atoms with Gasteiger partial charge in [0.1, 0.15) is 0 Å². The molecule has 0 spiro atoms. The van der Waals surface area contributed by atoms with Gasteiger partial charge in [-0.2, -0.15) is 4.39 Å². The van der Waals surface area contributed by atoms with Gasteiger partial charge in [-0.1, -0.05) is 12.2 Å². The molecule has 1 N–H and O–H groups in total. The van der Waals surface area contributed by atoms with Crippen molar-refractivity contribution in [2.45, 2.75) is 6.42 Å². The largest absolute Gasteiger partial charge is 0.494 e. The fourth-order valence-electron chi connectivity index (χ4n) is 1.12. The molecule has 0 aliphatic heterocycles. The molecule has 0 saturated heterocycles. The Kier molecular flexibility index (Phi) is 4.24. The monoisotopic (exact) mass is 214 g/mol. The van der Waals surface area contributed by atoms with Crippen molar-refractivity contribution >= 4 is 6.08 Å². The Bertz CT molecular complexity index is 362. The molecule has 1 aromatic rings. The molecule has 0 bridgehead atoms. The normalized spacial score (nSPS) is 10.9. The highest BCUT2D eigenvalue weighted by Gasteiger charge is 2.11. The molecule has 0 heterocycles. The molecule has 1 rings (SSSR count). The van der Waals surface area contributed by atoms with E-state index in [0.717, 1.165) is 0 Å². The summed E-state index contributed by atoms with van der Waals surface area (Å²) in [4.78, 5) is 0. The van der Waals surface area contributed by atoms with Crippen LogP contribution in [0.3, 0.4) is 0 Å². The Morgan fingerprint density at radius 2 is 2.07 bits per heavy atom. The second-order valence-electron chi connectivity index (χ2n) is 2.90. The van der Waals surface area contributed by atoms with Crippen LogP contribution in [0.2, 0.25) is 0 Å². The molecular formula is C11H12F2O2. The Labute approximate surface area is 86.8 Å². The number of benzene rings is 1. The standard InChI is InChI=1S/C11H12F2O2/c1-15-9-6-5-8(4-2-3-7-14)10(12)11(9)13/h2,4-6,14H,3,7H2,1H3. The summed E-state index contributed by atoms with van der Waals surface area (Å²) in [6.07, 6.45) is 3.41. The number of ether oxygens (including phenoxy) is 1. The highest BCUT2D eigenvalue weighted by Crippen LogP contribution is 2.23. The third kappa shape index (κ3) is 2.76. The Balaban J connectivity index is 2.96. The molecule has 0 saturated carbocycles. The first kappa shape index (κ1) is 11.7. The minimum atomic E-state index is -0.997. The van der Waals surface area contributed by atoms with Gasteiger partial charge in [-0.05, 0) is 18.6 Å². The maximum absolute atomic E-state index is 13.3. The van der Waals surface area contributed by atoms with Gasteiger partial charge in [0.25, 0.3) is 0 Å². The molecule has 2 nitrogen and oxygen atoms in total. The van der Waals surface area contributed by atoms with E-state index in [4.69, 9.17) is 5.11 Å². The molecule has 82 valence electrons. The van der Waals surface area contributed by atoms with Crippen LogP contribution in [0.4, 0.5) is 8.78 Å². The van der Waals surface area contributed by atoms with Gasteiger partial charge in [0.2, 0.25) is 5.82 Å². The molecule has 1 aromatic carbocycles. The Hall–Kier alpha value is -1.42. The zero-order valence-corrected chi connectivity index (χ0v) is 8.34. The second-order valence-corrected chi connectivity index (χ2v) is 2.90. The molecule has 0 aliphatic rings. The van der Waals surface area contributed by atoms with E-state index >= 15 is 0 Å². The van der Waals surface area contributed by atoms with Crippen molar-refractivity contribution in [1.82, 2.24) is 0 Å². The summed E-state index contributed by atoms with van der Waals surface area (Å²) in [5.74, 6) is -2.06. The minimum Gasteiger partial charge on any atom is -0.494 e. The van der Waals surface area contributed by atoms with Gasteiger partial charge in [-0.15, -0.1) is 0 Å². The van der Waals surface area contributed by atoms with E-state index in [1.807, 2.05) is 0 Å². The maximum atomic E-state index is 13.3. The van der Waals surface area contributed by atoms with Crippen molar-refractivity contribution in [2.75, 3.05) is 13.7 Å². The van der Waals surface area contributed by atoms with Crippen LogP contribution < -0.4 is 4.74 Å². The molecule has 15 heavy (non-hydrogen) atoms. The lowest BCUT2D eigenvalue weighted by Crippen LogP contribution is -1.94. The number of aliphatic hydroxyl groups is 1. The summed E-state index contributed by atoms with van der Waals surface area (Å²) in [5, 5.41) is 8.51. The number of halogens is 2. The van der Waals surface area contributed by atoms with E-state index in [1.54, 1.807) is 6.08 Å². The van der Waals surface area contributed by atoms with E-state index in [9.17, 15) is 8.78 Å². The van der Waals surface area contributed by atoms with Gasteiger partial charge in [0.05, 0.1) is 7.11 Å². The quantitative estimate of drug-likeness (QED) is 0.833. The van der Waals surface area contributed by atoms with Crippen LogP contribution >= 0.6 is 0 Å². The average molecular weight is 214 g/mol. The molecule has 0 aromatic heterocycles. The van der Waals surface area contributed by atoms with Crippen LogP contribution in [0.15, 0.2) is 18.2 Å². The first-order valence-corrected chi connectivity index (χ1v) is 4.50. The lowest BCUT2D eigenvalue weighted by atomic mass is 10.1. The summed E-state index contributed by atoms with van der Waals surface area (Å²) in [6.45, 7) is -0.0171. The van der Waals surface area contributed by atoms with Crippen LogP contribution in [0.1, 0.15) is 12.0 Å². The zero-order chi connectivity index (χ0) is 11.3. The minimum absolute atomic E-state index is 0.0171. The van der Waals surface area contributed by atoms with E-state index in [1.165, 1.54) is 25.3 Å². The highest BCUT2D eigenvalue weighted by atomic mass is 19.2. The third-order valence-electron chi connectivity index (χ3n) is 1.89. The summed E-state index contributed by atoms with van der Waals surface area (Å²) in [7, 11) is 1.28.